The Morgan fingerprint density at radius 1 is 1.50 bits per heavy atom. The van der Waals surface area contributed by atoms with Gasteiger partial charge < -0.3 is 9.73 Å². The van der Waals surface area contributed by atoms with Gasteiger partial charge in [-0.2, -0.15) is 0 Å². The van der Waals surface area contributed by atoms with Gasteiger partial charge in [-0.1, -0.05) is 23.7 Å². The predicted molar refractivity (Wildman–Crippen MR) is 59.1 cm³/mol. The van der Waals surface area contributed by atoms with Crippen molar-refractivity contribution in [2.45, 2.75) is 6.54 Å². The summed E-state index contributed by atoms with van der Waals surface area (Å²) in [4.78, 5) is 15.2. The molecule has 0 radical (unpaired) electrons. The van der Waals surface area contributed by atoms with Gasteiger partial charge in [-0.05, 0) is 17.7 Å². The summed E-state index contributed by atoms with van der Waals surface area (Å²) in [6.07, 6.45) is 2.78. The number of halogens is 1. The van der Waals surface area contributed by atoms with Gasteiger partial charge in [0.25, 0.3) is 5.89 Å². The van der Waals surface area contributed by atoms with E-state index in [4.69, 9.17) is 16.0 Å². The maximum atomic E-state index is 11.5. The largest absolute Gasteiger partial charge is 0.441 e. The highest BCUT2D eigenvalue weighted by Gasteiger charge is 2.09. The van der Waals surface area contributed by atoms with Gasteiger partial charge >= 0.3 is 5.91 Å². The summed E-state index contributed by atoms with van der Waals surface area (Å²) >= 11 is 5.82. The molecule has 1 aromatic carbocycles. The smallest absolute Gasteiger partial charge is 0.307 e. The van der Waals surface area contributed by atoms with Crippen molar-refractivity contribution in [2.75, 3.05) is 0 Å². The summed E-state index contributed by atoms with van der Waals surface area (Å²) in [5.74, 6) is -0.285. The van der Waals surface area contributed by atoms with E-state index in [-0.39, 0.29) is 11.8 Å². The maximum absolute atomic E-state index is 11.5. The molecular formula is C11H9ClN2O2. The number of oxazole rings is 1. The van der Waals surface area contributed by atoms with E-state index in [1.165, 1.54) is 12.5 Å². The Hall–Kier alpha value is -1.81. The first kappa shape index (κ1) is 10.7. The van der Waals surface area contributed by atoms with Crippen LogP contribution in [0.15, 0.2) is 41.1 Å². The second-order valence-electron chi connectivity index (χ2n) is 3.15. The molecule has 0 bridgehead atoms. The van der Waals surface area contributed by atoms with Crippen LogP contribution in [0.5, 0.6) is 0 Å². The highest BCUT2D eigenvalue weighted by molar-refractivity contribution is 6.30. The van der Waals surface area contributed by atoms with E-state index in [2.05, 4.69) is 10.3 Å². The number of rotatable bonds is 3. The zero-order chi connectivity index (χ0) is 11.4. The SMILES string of the molecule is O=C(NCc1cccc(Cl)c1)c1ncco1. The summed E-state index contributed by atoms with van der Waals surface area (Å²) in [7, 11) is 0. The molecule has 1 N–H and O–H groups in total. The van der Waals surface area contributed by atoms with Gasteiger partial charge in [-0.3, -0.25) is 4.79 Å². The molecular weight excluding hydrogens is 228 g/mol. The minimum Gasteiger partial charge on any atom is -0.441 e. The molecule has 0 saturated carbocycles. The van der Waals surface area contributed by atoms with Crippen LogP contribution in [0.3, 0.4) is 0 Å². The van der Waals surface area contributed by atoms with Crippen LogP contribution in [0.1, 0.15) is 16.2 Å². The van der Waals surface area contributed by atoms with Gasteiger partial charge in [0, 0.05) is 11.6 Å². The van der Waals surface area contributed by atoms with E-state index in [1.807, 2.05) is 12.1 Å². The van der Waals surface area contributed by atoms with Crippen molar-refractivity contribution in [3.05, 3.63) is 53.2 Å². The molecule has 1 heterocycles. The molecule has 0 aliphatic rings. The molecule has 0 atom stereocenters. The van der Waals surface area contributed by atoms with Crippen molar-refractivity contribution in [3.8, 4) is 0 Å². The zero-order valence-electron chi connectivity index (χ0n) is 8.31. The van der Waals surface area contributed by atoms with Crippen molar-refractivity contribution in [1.29, 1.82) is 0 Å². The molecule has 1 amide bonds. The number of benzene rings is 1. The van der Waals surface area contributed by atoms with Gasteiger partial charge in [0.1, 0.15) is 6.26 Å². The Morgan fingerprint density at radius 3 is 3.06 bits per heavy atom. The van der Waals surface area contributed by atoms with Crippen LogP contribution < -0.4 is 5.32 Å². The molecule has 16 heavy (non-hydrogen) atoms. The second kappa shape index (κ2) is 4.81. The molecule has 1 aromatic heterocycles. The van der Waals surface area contributed by atoms with Crippen LogP contribution in [0.2, 0.25) is 5.02 Å². The molecule has 5 heteroatoms. The number of nitrogens with zero attached hydrogens (tertiary/aromatic N) is 1. The Labute approximate surface area is 97.2 Å². The third-order valence-electron chi connectivity index (χ3n) is 1.97. The fraction of sp³-hybridized carbons (Fsp3) is 0.0909. The van der Waals surface area contributed by atoms with Crippen molar-refractivity contribution < 1.29 is 9.21 Å². The van der Waals surface area contributed by atoms with Crippen LogP contribution in [-0.4, -0.2) is 10.9 Å². The molecule has 2 rings (SSSR count). The lowest BCUT2D eigenvalue weighted by atomic mass is 10.2. The minimum absolute atomic E-state index is 0.0574. The number of hydrogen-bond donors (Lipinski definition) is 1. The molecule has 0 fully saturated rings. The van der Waals surface area contributed by atoms with Crippen molar-refractivity contribution >= 4 is 17.5 Å². The van der Waals surface area contributed by atoms with Gasteiger partial charge in [-0.15, -0.1) is 0 Å². The molecule has 0 saturated heterocycles. The summed E-state index contributed by atoms with van der Waals surface area (Å²) in [6.45, 7) is 0.391. The van der Waals surface area contributed by atoms with Gasteiger partial charge in [0.2, 0.25) is 0 Å². The number of carbonyl (C=O) groups excluding carboxylic acids is 1. The van der Waals surface area contributed by atoms with Crippen molar-refractivity contribution in [2.24, 2.45) is 0 Å². The monoisotopic (exact) mass is 236 g/mol. The second-order valence-corrected chi connectivity index (χ2v) is 3.59. The first-order valence-corrected chi connectivity index (χ1v) is 5.05. The lowest BCUT2D eigenvalue weighted by Crippen LogP contribution is -2.22. The first-order chi connectivity index (χ1) is 7.75. The summed E-state index contributed by atoms with van der Waals surface area (Å²) in [6, 6.07) is 7.27. The Balaban J connectivity index is 1.95. The number of aromatic nitrogens is 1. The van der Waals surface area contributed by atoms with E-state index in [0.29, 0.717) is 11.6 Å². The summed E-state index contributed by atoms with van der Waals surface area (Å²) in [5.41, 5.74) is 0.924. The normalized spacial score (nSPS) is 10.1. The fourth-order valence-electron chi connectivity index (χ4n) is 1.24. The average Bonchev–Trinajstić information content (AvgIpc) is 2.79. The lowest BCUT2D eigenvalue weighted by Gasteiger charge is -2.02. The van der Waals surface area contributed by atoms with Crippen LogP contribution in [0.25, 0.3) is 0 Å². The first-order valence-electron chi connectivity index (χ1n) is 4.68. The number of hydrogen-bond acceptors (Lipinski definition) is 3. The minimum atomic E-state index is -0.343. The highest BCUT2D eigenvalue weighted by atomic mass is 35.5. The summed E-state index contributed by atoms with van der Waals surface area (Å²) < 4.78 is 4.86. The Morgan fingerprint density at radius 2 is 2.38 bits per heavy atom. The molecule has 0 unspecified atom stereocenters. The van der Waals surface area contributed by atoms with Crippen molar-refractivity contribution in [3.63, 3.8) is 0 Å². The van der Waals surface area contributed by atoms with E-state index in [9.17, 15) is 4.79 Å². The van der Waals surface area contributed by atoms with E-state index in [1.54, 1.807) is 12.1 Å². The van der Waals surface area contributed by atoms with Crippen LogP contribution >= 0.6 is 11.6 Å². The third kappa shape index (κ3) is 2.61. The van der Waals surface area contributed by atoms with E-state index in [0.717, 1.165) is 5.56 Å². The third-order valence-corrected chi connectivity index (χ3v) is 2.20. The molecule has 0 spiro atoms. The molecule has 4 nitrogen and oxygen atoms in total. The van der Waals surface area contributed by atoms with Gasteiger partial charge in [0.05, 0.1) is 6.20 Å². The molecule has 0 aliphatic heterocycles. The highest BCUT2D eigenvalue weighted by Crippen LogP contribution is 2.10. The van der Waals surface area contributed by atoms with Crippen molar-refractivity contribution in [1.82, 2.24) is 10.3 Å². The molecule has 82 valence electrons. The maximum Gasteiger partial charge on any atom is 0.307 e. The Kier molecular flexibility index (Phi) is 3.22. The standard InChI is InChI=1S/C11H9ClN2O2/c12-9-3-1-2-8(6-9)7-14-10(15)11-13-4-5-16-11/h1-6H,7H2,(H,14,15). The average molecular weight is 237 g/mol. The Bertz CT molecular complexity index is 482. The fourth-order valence-corrected chi connectivity index (χ4v) is 1.45. The number of nitrogens with one attached hydrogen (secondary N) is 1. The number of amides is 1. The molecule has 2 aromatic rings. The lowest BCUT2D eigenvalue weighted by molar-refractivity contribution is 0.0916. The van der Waals surface area contributed by atoms with Crippen LogP contribution in [-0.2, 0) is 6.54 Å². The zero-order valence-corrected chi connectivity index (χ0v) is 9.07. The summed E-state index contributed by atoms with van der Waals surface area (Å²) in [5, 5.41) is 3.32. The van der Waals surface area contributed by atoms with E-state index >= 15 is 0 Å². The van der Waals surface area contributed by atoms with E-state index < -0.39 is 0 Å². The quantitative estimate of drug-likeness (QED) is 0.889. The predicted octanol–water partition coefficient (Wildman–Crippen LogP) is 2.26. The topological polar surface area (TPSA) is 55.1 Å². The number of carbonyl (C=O) groups is 1. The van der Waals surface area contributed by atoms with Crippen LogP contribution in [0.4, 0.5) is 0 Å². The molecule has 0 aliphatic carbocycles. The van der Waals surface area contributed by atoms with Crippen LogP contribution in [0, 0.1) is 0 Å². The van der Waals surface area contributed by atoms with Gasteiger partial charge in [0.15, 0.2) is 0 Å². The van der Waals surface area contributed by atoms with Gasteiger partial charge in [-0.25, -0.2) is 4.98 Å².